The van der Waals surface area contributed by atoms with E-state index in [-0.39, 0.29) is 6.61 Å². The number of hydrogen-bond donors (Lipinski definition) is 1. The summed E-state index contributed by atoms with van der Waals surface area (Å²) in [6.07, 6.45) is 0. The zero-order chi connectivity index (χ0) is 24.3. The molecule has 0 aliphatic carbocycles. The molecule has 0 radical (unpaired) electrons. The molecule has 0 unspecified atom stereocenters. The molecule has 5 heteroatoms. The summed E-state index contributed by atoms with van der Waals surface area (Å²) in [7, 11) is 1.34. The van der Waals surface area contributed by atoms with Crippen LogP contribution in [0.1, 0.15) is 27.0 Å². The van der Waals surface area contributed by atoms with E-state index in [1.165, 1.54) is 7.11 Å². The average molecular weight is 447 g/mol. The molecule has 0 aliphatic rings. The molecule has 166 valence electrons. The largest absolute Gasteiger partial charge is 0.465 e. The summed E-state index contributed by atoms with van der Waals surface area (Å²) in [6.45, 7) is -0.00839. The molecule has 0 atom stereocenters. The van der Waals surface area contributed by atoms with Gasteiger partial charge in [0.05, 0.1) is 42.5 Å². The Morgan fingerprint density at radius 1 is 0.765 bits per heavy atom. The van der Waals surface area contributed by atoms with Gasteiger partial charge in [-0.15, -0.1) is 0 Å². The third kappa shape index (κ3) is 5.75. The van der Waals surface area contributed by atoms with Gasteiger partial charge in [0.2, 0.25) is 0 Å². The molecule has 4 aromatic rings. The Bertz CT molecular complexity index is 1350. The van der Waals surface area contributed by atoms with Crippen molar-refractivity contribution < 1.29 is 14.6 Å². The minimum atomic E-state index is -0.406. The van der Waals surface area contributed by atoms with Gasteiger partial charge in [-0.2, -0.15) is 10.5 Å². The van der Waals surface area contributed by atoms with Crippen LogP contribution in [0.4, 0.5) is 0 Å². The normalized spacial score (nSPS) is 9.65. The molecule has 4 aromatic carbocycles. The van der Waals surface area contributed by atoms with Gasteiger partial charge in [-0.05, 0) is 52.6 Å². The second-order valence-electron chi connectivity index (χ2n) is 7.25. The first-order valence-corrected chi connectivity index (χ1v) is 10.5. The molecule has 0 aliphatic heterocycles. The van der Waals surface area contributed by atoms with Gasteiger partial charge < -0.3 is 9.84 Å². The number of benzene rings is 4. The van der Waals surface area contributed by atoms with E-state index in [2.05, 4.69) is 16.9 Å². The number of aliphatic hydroxyl groups excluding tert-OH is 1. The highest BCUT2D eigenvalue weighted by molar-refractivity contribution is 5.91. The monoisotopic (exact) mass is 446 g/mol. The molecule has 4 rings (SSSR count). The third-order valence-corrected chi connectivity index (χ3v) is 5.12. The Kier molecular flexibility index (Phi) is 8.30. The highest BCUT2D eigenvalue weighted by atomic mass is 16.5. The number of aliphatic hydroxyl groups is 1. The van der Waals surface area contributed by atoms with Gasteiger partial charge in [-0.25, -0.2) is 4.79 Å². The zero-order valence-electron chi connectivity index (χ0n) is 18.6. The maximum atomic E-state index is 11.5. The second-order valence-corrected chi connectivity index (χ2v) is 7.25. The van der Waals surface area contributed by atoms with Crippen LogP contribution in [0, 0.1) is 22.7 Å². The molecule has 0 spiro atoms. The summed E-state index contributed by atoms with van der Waals surface area (Å²) >= 11 is 0. The zero-order valence-corrected chi connectivity index (χ0v) is 18.6. The molecular formula is C29H22N2O3. The predicted octanol–water partition coefficient (Wildman–Crippen LogP) is 5.73. The number of nitrogens with zero attached hydrogens (tertiary/aromatic N) is 2. The first kappa shape index (κ1) is 23.9. The van der Waals surface area contributed by atoms with Crippen molar-refractivity contribution in [2.75, 3.05) is 7.11 Å². The number of ether oxygens (including phenoxy) is 1. The van der Waals surface area contributed by atoms with E-state index in [9.17, 15) is 4.79 Å². The first-order chi connectivity index (χ1) is 16.6. The lowest BCUT2D eigenvalue weighted by molar-refractivity contribution is 0.0601. The number of carbonyl (C=O) groups is 1. The lowest BCUT2D eigenvalue weighted by Crippen LogP contribution is -2.01. The fourth-order valence-electron chi connectivity index (χ4n) is 3.39. The van der Waals surface area contributed by atoms with Crippen molar-refractivity contribution >= 4 is 5.97 Å². The van der Waals surface area contributed by atoms with Crippen LogP contribution in [-0.2, 0) is 11.3 Å². The SMILES string of the molecule is COC(=O)c1ccc(C#N)c(-c2ccccc2)c1.N#Cc1ccc(CO)cc1-c1ccccc1. The highest BCUT2D eigenvalue weighted by Crippen LogP contribution is 2.25. The number of rotatable bonds is 4. The van der Waals surface area contributed by atoms with E-state index >= 15 is 0 Å². The van der Waals surface area contributed by atoms with Gasteiger partial charge in [0.25, 0.3) is 0 Å². The Morgan fingerprint density at radius 2 is 1.26 bits per heavy atom. The highest BCUT2D eigenvalue weighted by Gasteiger charge is 2.11. The quantitative estimate of drug-likeness (QED) is 0.404. The predicted molar refractivity (Wildman–Crippen MR) is 130 cm³/mol. The summed E-state index contributed by atoms with van der Waals surface area (Å²) < 4.78 is 4.68. The maximum Gasteiger partial charge on any atom is 0.337 e. The lowest BCUT2D eigenvalue weighted by Gasteiger charge is -2.06. The number of nitriles is 2. The van der Waals surface area contributed by atoms with Crippen molar-refractivity contribution in [3.05, 3.63) is 119 Å². The van der Waals surface area contributed by atoms with E-state index < -0.39 is 5.97 Å². The van der Waals surface area contributed by atoms with Crippen molar-refractivity contribution in [2.45, 2.75) is 6.61 Å². The van der Waals surface area contributed by atoms with E-state index in [0.717, 1.165) is 27.8 Å². The van der Waals surface area contributed by atoms with Crippen molar-refractivity contribution in [3.63, 3.8) is 0 Å². The molecule has 0 fully saturated rings. The van der Waals surface area contributed by atoms with Gasteiger partial charge in [0.1, 0.15) is 0 Å². The summed E-state index contributed by atoms with van der Waals surface area (Å²) in [5, 5.41) is 27.2. The number of esters is 1. The maximum absolute atomic E-state index is 11.5. The number of hydrogen-bond acceptors (Lipinski definition) is 5. The van der Waals surface area contributed by atoms with E-state index in [1.54, 1.807) is 30.3 Å². The summed E-state index contributed by atoms with van der Waals surface area (Å²) in [5.74, 6) is -0.406. The molecule has 34 heavy (non-hydrogen) atoms. The van der Waals surface area contributed by atoms with Crippen LogP contribution in [0.15, 0.2) is 97.1 Å². The number of methoxy groups -OCH3 is 1. The van der Waals surface area contributed by atoms with Gasteiger partial charge in [-0.1, -0.05) is 66.7 Å². The second kappa shape index (κ2) is 11.8. The van der Waals surface area contributed by atoms with Gasteiger partial charge in [-0.3, -0.25) is 0 Å². The van der Waals surface area contributed by atoms with Gasteiger partial charge in [0.15, 0.2) is 0 Å². The van der Waals surface area contributed by atoms with Crippen molar-refractivity contribution in [1.29, 1.82) is 10.5 Å². The van der Waals surface area contributed by atoms with Crippen LogP contribution in [0.5, 0.6) is 0 Å². The molecule has 0 saturated carbocycles. The smallest absolute Gasteiger partial charge is 0.337 e. The van der Waals surface area contributed by atoms with Gasteiger partial charge in [0, 0.05) is 5.56 Å². The van der Waals surface area contributed by atoms with E-state index in [1.807, 2.05) is 66.7 Å². The van der Waals surface area contributed by atoms with E-state index in [0.29, 0.717) is 16.7 Å². The third-order valence-electron chi connectivity index (χ3n) is 5.12. The molecule has 0 heterocycles. The Hall–Kier alpha value is -4.71. The standard InChI is InChI=1S/C15H11NO2.C14H11NO/c1-18-15(17)12-7-8-13(10-16)14(9-12)11-5-3-2-4-6-11;15-9-13-7-6-11(10-16)8-14(13)12-4-2-1-3-5-12/h2-9H,1H3;1-8,16H,10H2. The Balaban J connectivity index is 0.000000192. The average Bonchev–Trinajstić information content (AvgIpc) is 2.93. The van der Waals surface area contributed by atoms with Crippen LogP contribution in [0.3, 0.4) is 0 Å². The first-order valence-electron chi connectivity index (χ1n) is 10.5. The molecule has 0 amide bonds. The van der Waals surface area contributed by atoms with Crippen LogP contribution in [0.2, 0.25) is 0 Å². The molecular weight excluding hydrogens is 424 g/mol. The van der Waals surface area contributed by atoms with Crippen molar-refractivity contribution in [3.8, 4) is 34.4 Å². The van der Waals surface area contributed by atoms with Crippen molar-refractivity contribution in [2.24, 2.45) is 0 Å². The van der Waals surface area contributed by atoms with Crippen LogP contribution in [-0.4, -0.2) is 18.2 Å². The van der Waals surface area contributed by atoms with Gasteiger partial charge >= 0.3 is 5.97 Å². The number of carbonyl (C=O) groups excluding carboxylic acids is 1. The summed E-state index contributed by atoms with van der Waals surface area (Å²) in [4.78, 5) is 11.5. The van der Waals surface area contributed by atoms with E-state index in [4.69, 9.17) is 15.6 Å². The molecule has 0 saturated heterocycles. The fourth-order valence-corrected chi connectivity index (χ4v) is 3.39. The fraction of sp³-hybridized carbons (Fsp3) is 0.0690. The summed E-state index contributed by atoms with van der Waals surface area (Å²) in [5.41, 5.74) is 5.93. The molecule has 1 N–H and O–H groups in total. The minimum Gasteiger partial charge on any atom is -0.465 e. The lowest BCUT2D eigenvalue weighted by atomic mass is 9.98. The summed E-state index contributed by atoms with van der Waals surface area (Å²) in [6, 6.07) is 33.8. The topological polar surface area (TPSA) is 94.1 Å². The molecule has 0 bridgehead atoms. The van der Waals surface area contributed by atoms with Crippen LogP contribution in [0.25, 0.3) is 22.3 Å². The minimum absolute atomic E-state index is 0.00839. The Labute approximate surface area is 198 Å². The van der Waals surface area contributed by atoms with Crippen molar-refractivity contribution in [1.82, 2.24) is 0 Å². The molecule has 5 nitrogen and oxygen atoms in total. The van der Waals surface area contributed by atoms with Crippen LogP contribution < -0.4 is 0 Å². The van der Waals surface area contributed by atoms with Crippen LogP contribution >= 0.6 is 0 Å². The Morgan fingerprint density at radius 3 is 1.74 bits per heavy atom. The molecule has 0 aromatic heterocycles.